The number of carbonyl (C=O) groups is 2. The molecule has 0 aliphatic rings. The standard InChI is InChI=1S/C19H20O4/c1-3-13-22-19(21)17(15-7-5-4-6-8-15)23-18(20)16-11-9-14(2)10-12-16/h4-12,17H,3,13H2,1-2H3. The summed E-state index contributed by atoms with van der Waals surface area (Å²) in [5.41, 5.74) is 2.04. The van der Waals surface area contributed by atoms with Gasteiger partial charge in [0.05, 0.1) is 12.2 Å². The van der Waals surface area contributed by atoms with E-state index >= 15 is 0 Å². The van der Waals surface area contributed by atoms with E-state index in [1.807, 2.05) is 32.0 Å². The summed E-state index contributed by atoms with van der Waals surface area (Å²) >= 11 is 0. The largest absolute Gasteiger partial charge is 0.463 e. The molecule has 1 unspecified atom stereocenters. The van der Waals surface area contributed by atoms with Crippen molar-refractivity contribution in [2.75, 3.05) is 6.61 Å². The molecule has 1 atom stereocenters. The van der Waals surface area contributed by atoms with Crippen LogP contribution in [-0.4, -0.2) is 18.5 Å². The SMILES string of the molecule is CCCOC(=O)C(OC(=O)c1ccc(C)cc1)c1ccccc1. The predicted molar refractivity (Wildman–Crippen MR) is 87.0 cm³/mol. The van der Waals surface area contributed by atoms with Gasteiger partial charge >= 0.3 is 11.9 Å². The van der Waals surface area contributed by atoms with Crippen LogP contribution in [0.3, 0.4) is 0 Å². The van der Waals surface area contributed by atoms with Crippen molar-refractivity contribution in [2.24, 2.45) is 0 Å². The highest BCUT2D eigenvalue weighted by Gasteiger charge is 2.26. The minimum absolute atomic E-state index is 0.296. The van der Waals surface area contributed by atoms with Crippen molar-refractivity contribution in [3.63, 3.8) is 0 Å². The molecule has 0 heterocycles. The number of aryl methyl sites for hydroxylation is 1. The zero-order valence-corrected chi connectivity index (χ0v) is 13.3. The summed E-state index contributed by atoms with van der Waals surface area (Å²) in [5.74, 6) is -1.11. The number of esters is 2. The first kappa shape index (κ1) is 16.7. The van der Waals surface area contributed by atoms with Crippen LogP contribution in [-0.2, 0) is 14.3 Å². The molecule has 0 saturated heterocycles. The van der Waals surface area contributed by atoms with Crippen molar-refractivity contribution < 1.29 is 19.1 Å². The highest BCUT2D eigenvalue weighted by atomic mass is 16.6. The summed E-state index contributed by atoms with van der Waals surface area (Å²) in [6.45, 7) is 4.14. The van der Waals surface area contributed by atoms with E-state index in [0.29, 0.717) is 24.2 Å². The third-order valence-electron chi connectivity index (χ3n) is 3.28. The minimum atomic E-state index is -1.06. The smallest absolute Gasteiger partial charge is 0.352 e. The lowest BCUT2D eigenvalue weighted by atomic mass is 10.1. The second-order valence-corrected chi connectivity index (χ2v) is 5.23. The molecular weight excluding hydrogens is 292 g/mol. The highest BCUT2D eigenvalue weighted by Crippen LogP contribution is 2.21. The van der Waals surface area contributed by atoms with E-state index in [0.717, 1.165) is 5.56 Å². The van der Waals surface area contributed by atoms with Crippen LogP contribution in [0.25, 0.3) is 0 Å². The molecule has 23 heavy (non-hydrogen) atoms. The first-order chi connectivity index (χ1) is 11.1. The fourth-order valence-corrected chi connectivity index (χ4v) is 2.02. The van der Waals surface area contributed by atoms with Gasteiger partial charge in [0.2, 0.25) is 6.10 Å². The number of rotatable bonds is 6. The maximum Gasteiger partial charge on any atom is 0.352 e. The Bertz CT molecular complexity index is 647. The lowest BCUT2D eigenvalue weighted by Crippen LogP contribution is -2.22. The Kier molecular flexibility index (Phi) is 5.92. The van der Waals surface area contributed by atoms with Crippen molar-refractivity contribution in [3.8, 4) is 0 Å². The van der Waals surface area contributed by atoms with Crippen LogP contribution in [0.2, 0.25) is 0 Å². The molecule has 0 spiro atoms. The van der Waals surface area contributed by atoms with Crippen molar-refractivity contribution >= 4 is 11.9 Å². The number of carbonyl (C=O) groups excluding carboxylic acids is 2. The molecule has 120 valence electrons. The van der Waals surface area contributed by atoms with E-state index in [1.165, 1.54) is 0 Å². The zero-order chi connectivity index (χ0) is 16.7. The summed E-state index contributed by atoms with van der Waals surface area (Å²) in [4.78, 5) is 24.5. The van der Waals surface area contributed by atoms with Gasteiger partial charge in [-0.3, -0.25) is 0 Å². The van der Waals surface area contributed by atoms with E-state index < -0.39 is 18.0 Å². The Morgan fingerprint density at radius 3 is 2.26 bits per heavy atom. The van der Waals surface area contributed by atoms with Crippen molar-refractivity contribution in [1.29, 1.82) is 0 Å². The molecule has 4 heteroatoms. The Morgan fingerprint density at radius 2 is 1.65 bits per heavy atom. The molecule has 0 aliphatic carbocycles. The number of ether oxygens (including phenoxy) is 2. The second-order valence-electron chi connectivity index (χ2n) is 5.23. The van der Waals surface area contributed by atoms with Crippen LogP contribution in [0, 0.1) is 6.92 Å². The maximum absolute atomic E-state index is 12.3. The van der Waals surface area contributed by atoms with E-state index in [9.17, 15) is 9.59 Å². The van der Waals surface area contributed by atoms with E-state index in [1.54, 1.807) is 36.4 Å². The van der Waals surface area contributed by atoms with Gasteiger partial charge in [0.15, 0.2) is 0 Å². The van der Waals surface area contributed by atoms with Crippen LogP contribution < -0.4 is 0 Å². The van der Waals surface area contributed by atoms with E-state index in [4.69, 9.17) is 9.47 Å². The number of hydrogen-bond acceptors (Lipinski definition) is 4. The zero-order valence-electron chi connectivity index (χ0n) is 13.3. The van der Waals surface area contributed by atoms with Crippen LogP contribution in [0.1, 0.15) is 40.9 Å². The number of hydrogen-bond donors (Lipinski definition) is 0. The third kappa shape index (κ3) is 4.68. The molecule has 2 aromatic carbocycles. The first-order valence-electron chi connectivity index (χ1n) is 7.61. The van der Waals surface area contributed by atoms with Gasteiger partial charge in [-0.25, -0.2) is 9.59 Å². The van der Waals surface area contributed by atoms with Gasteiger partial charge in [0.1, 0.15) is 0 Å². The monoisotopic (exact) mass is 312 g/mol. The fourth-order valence-electron chi connectivity index (χ4n) is 2.02. The normalized spacial score (nSPS) is 11.6. The van der Waals surface area contributed by atoms with Crippen molar-refractivity contribution in [1.82, 2.24) is 0 Å². The Morgan fingerprint density at radius 1 is 1.00 bits per heavy atom. The molecule has 0 bridgehead atoms. The summed E-state index contributed by atoms with van der Waals surface area (Å²) in [6, 6.07) is 15.9. The van der Waals surface area contributed by atoms with Crippen molar-refractivity contribution in [3.05, 3.63) is 71.3 Å². The molecule has 0 N–H and O–H groups in total. The molecule has 0 amide bonds. The van der Waals surface area contributed by atoms with Crippen LogP contribution in [0.4, 0.5) is 0 Å². The quantitative estimate of drug-likeness (QED) is 0.760. The summed E-state index contributed by atoms with van der Waals surface area (Å²) < 4.78 is 10.6. The number of benzene rings is 2. The van der Waals surface area contributed by atoms with Gasteiger partial charge in [-0.15, -0.1) is 0 Å². The molecule has 4 nitrogen and oxygen atoms in total. The van der Waals surface area contributed by atoms with Gasteiger partial charge in [0, 0.05) is 5.56 Å². The third-order valence-corrected chi connectivity index (χ3v) is 3.28. The van der Waals surface area contributed by atoms with Crippen LogP contribution in [0.15, 0.2) is 54.6 Å². The van der Waals surface area contributed by atoms with E-state index in [2.05, 4.69) is 0 Å². The summed E-state index contributed by atoms with van der Waals surface area (Å²) in [6.07, 6.45) is -0.351. The molecule has 0 fully saturated rings. The van der Waals surface area contributed by atoms with Crippen molar-refractivity contribution in [2.45, 2.75) is 26.4 Å². The minimum Gasteiger partial charge on any atom is -0.463 e. The molecule has 0 aromatic heterocycles. The van der Waals surface area contributed by atoms with Gasteiger partial charge < -0.3 is 9.47 Å². The maximum atomic E-state index is 12.3. The molecule has 0 saturated carbocycles. The Hall–Kier alpha value is -2.62. The predicted octanol–water partition coefficient (Wildman–Crippen LogP) is 3.85. The summed E-state index contributed by atoms with van der Waals surface area (Å²) in [5, 5.41) is 0. The van der Waals surface area contributed by atoms with Crippen LogP contribution >= 0.6 is 0 Å². The second kappa shape index (κ2) is 8.13. The topological polar surface area (TPSA) is 52.6 Å². The molecule has 0 aliphatic heterocycles. The molecule has 2 rings (SSSR count). The Balaban J connectivity index is 2.18. The molecule has 0 radical (unpaired) electrons. The average molecular weight is 312 g/mol. The molecule has 2 aromatic rings. The fraction of sp³-hybridized carbons (Fsp3) is 0.263. The van der Waals surface area contributed by atoms with Gasteiger partial charge in [-0.1, -0.05) is 55.0 Å². The first-order valence-corrected chi connectivity index (χ1v) is 7.61. The van der Waals surface area contributed by atoms with E-state index in [-0.39, 0.29) is 0 Å². The van der Waals surface area contributed by atoms with Gasteiger partial charge in [-0.05, 0) is 25.5 Å². The molecular formula is C19H20O4. The van der Waals surface area contributed by atoms with Gasteiger partial charge in [-0.2, -0.15) is 0 Å². The van der Waals surface area contributed by atoms with Gasteiger partial charge in [0.25, 0.3) is 0 Å². The average Bonchev–Trinajstić information content (AvgIpc) is 2.58. The lowest BCUT2D eigenvalue weighted by Gasteiger charge is -2.17. The van der Waals surface area contributed by atoms with Crippen LogP contribution in [0.5, 0.6) is 0 Å². The summed E-state index contributed by atoms with van der Waals surface area (Å²) in [7, 11) is 0. The highest BCUT2D eigenvalue weighted by molar-refractivity contribution is 5.91. The lowest BCUT2D eigenvalue weighted by molar-refractivity contribution is -0.154. The Labute approximate surface area is 136 Å².